The number of anilines is 2. The minimum atomic E-state index is -1.12. The first-order valence-electron chi connectivity index (χ1n) is 5.15. The average Bonchev–Trinajstić information content (AvgIpc) is 2.29. The molecule has 0 aliphatic heterocycles. The van der Waals surface area contributed by atoms with Gasteiger partial charge >= 0.3 is 5.97 Å². The highest BCUT2D eigenvalue weighted by molar-refractivity contribution is 14.1. The van der Waals surface area contributed by atoms with E-state index in [4.69, 9.17) is 0 Å². The van der Waals surface area contributed by atoms with E-state index in [9.17, 15) is 19.5 Å². The van der Waals surface area contributed by atoms with E-state index in [1.165, 1.54) is 13.8 Å². The quantitative estimate of drug-likeness (QED) is 0.381. The van der Waals surface area contributed by atoms with Gasteiger partial charge in [0.2, 0.25) is 11.8 Å². The number of carboxylic acid groups (broad SMARTS) is 1. The molecule has 1 aromatic carbocycles. The Balaban J connectivity index is 0.00000400. The Morgan fingerprint density at radius 3 is 1.43 bits per heavy atom. The van der Waals surface area contributed by atoms with E-state index in [2.05, 4.69) is 10.6 Å². The van der Waals surface area contributed by atoms with Crippen molar-refractivity contribution in [3.63, 3.8) is 0 Å². The van der Waals surface area contributed by atoms with Crippen LogP contribution < -0.4 is 16.8 Å². The number of aromatic carboxylic acids is 1. The van der Waals surface area contributed by atoms with Gasteiger partial charge < -0.3 is 21.9 Å². The summed E-state index contributed by atoms with van der Waals surface area (Å²) in [6, 6.07) is 0. The van der Waals surface area contributed by atoms with Gasteiger partial charge in [0, 0.05) is 13.8 Å². The molecule has 0 unspecified atom stereocenters. The lowest BCUT2D eigenvalue weighted by molar-refractivity contribution is -0.115. The summed E-state index contributed by atoms with van der Waals surface area (Å²) in [5.41, 5.74) is 0.833. The van der Waals surface area contributed by atoms with Gasteiger partial charge in [-0.05, 0) is 67.8 Å². The predicted molar refractivity (Wildman–Crippen MR) is 105 cm³/mol. The number of hydrogen-bond acceptors (Lipinski definition) is 4. The molecule has 6 N–H and O–H groups in total. The maximum Gasteiger partial charge on any atom is 0.338 e. The lowest BCUT2D eigenvalue weighted by Gasteiger charge is -2.17. The standard InChI is InChI=1S/C11H9I3N2O4.H3N/c1-3(17)15-9-6(12)5(11(19)20)7(13)10(8(9)14)16-4(2)18;/h1-2H3,(H,15,17)(H,16,18)(H,19,20);1H3. The predicted octanol–water partition coefficient (Wildman–Crippen LogP) is 3.28. The molecule has 1 aromatic rings. The van der Waals surface area contributed by atoms with Crippen LogP contribution in [0.2, 0.25) is 0 Å². The molecular formula is C11H12I3N3O4. The minimum absolute atomic E-state index is 0. The third-order valence-electron chi connectivity index (χ3n) is 2.13. The second kappa shape index (κ2) is 8.42. The molecule has 7 nitrogen and oxygen atoms in total. The van der Waals surface area contributed by atoms with Gasteiger partial charge in [-0.2, -0.15) is 0 Å². The molecule has 0 radical (unpaired) electrons. The van der Waals surface area contributed by atoms with E-state index in [1.54, 1.807) is 0 Å². The first-order valence-corrected chi connectivity index (χ1v) is 8.39. The van der Waals surface area contributed by atoms with Gasteiger partial charge in [-0.15, -0.1) is 0 Å². The molecule has 0 fully saturated rings. The molecule has 0 aromatic heterocycles. The fraction of sp³-hybridized carbons (Fsp3) is 0.182. The third kappa shape index (κ3) is 4.88. The second-order valence-electron chi connectivity index (χ2n) is 3.73. The van der Waals surface area contributed by atoms with Gasteiger partial charge in [-0.25, -0.2) is 4.79 Å². The van der Waals surface area contributed by atoms with Crippen molar-refractivity contribution in [3.8, 4) is 0 Å². The molecule has 116 valence electrons. The number of carboxylic acids is 1. The van der Waals surface area contributed by atoms with Gasteiger partial charge in [-0.3, -0.25) is 9.59 Å². The molecule has 0 bridgehead atoms. The smallest absolute Gasteiger partial charge is 0.338 e. The number of benzene rings is 1. The highest BCUT2D eigenvalue weighted by atomic mass is 127. The zero-order valence-electron chi connectivity index (χ0n) is 11.0. The monoisotopic (exact) mass is 631 g/mol. The zero-order valence-corrected chi connectivity index (χ0v) is 17.5. The van der Waals surface area contributed by atoms with Crippen molar-refractivity contribution < 1.29 is 19.5 Å². The molecule has 2 amide bonds. The van der Waals surface area contributed by atoms with Crippen molar-refractivity contribution >= 4 is 96.9 Å². The number of hydrogen-bond donors (Lipinski definition) is 4. The van der Waals surface area contributed by atoms with E-state index in [-0.39, 0.29) is 23.5 Å². The van der Waals surface area contributed by atoms with Crippen molar-refractivity contribution in [2.75, 3.05) is 10.6 Å². The van der Waals surface area contributed by atoms with Crippen LogP contribution in [-0.4, -0.2) is 22.9 Å². The van der Waals surface area contributed by atoms with Crippen LogP contribution in [0.5, 0.6) is 0 Å². The minimum Gasteiger partial charge on any atom is -0.478 e. The molecule has 0 atom stereocenters. The summed E-state index contributed by atoms with van der Waals surface area (Å²) in [6.45, 7) is 2.67. The lowest BCUT2D eigenvalue weighted by Crippen LogP contribution is -2.17. The number of carbonyl (C=O) groups is 3. The van der Waals surface area contributed by atoms with E-state index in [1.807, 2.05) is 67.8 Å². The third-order valence-corrected chi connectivity index (χ3v) is 5.37. The highest BCUT2D eigenvalue weighted by Crippen LogP contribution is 2.38. The first-order chi connectivity index (χ1) is 9.16. The van der Waals surface area contributed by atoms with Crippen molar-refractivity contribution in [2.45, 2.75) is 13.8 Å². The normalized spacial score (nSPS) is 9.57. The summed E-state index contributed by atoms with van der Waals surface area (Å²) in [5.74, 6) is -1.74. The van der Waals surface area contributed by atoms with Gasteiger partial charge in [0.15, 0.2) is 0 Å². The maximum atomic E-state index is 11.4. The largest absolute Gasteiger partial charge is 0.478 e. The Kier molecular flexibility index (Phi) is 8.33. The fourth-order valence-electron chi connectivity index (χ4n) is 1.42. The van der Waals surface area contributed by atoms with Crippen LogP contribution in [0.1, 0.15) is 24.2 Å². The maximum absolute atomic E-state index is 11.4. The fourth-order valence-corrected chi connectivity index (χ4v) is 5.59. The Morgan fingerprint density at radius 1 is 0.857 bits per heavy atom. The topological polar surface area (TPSA) is 130 Å². The molecule has 0 saturated heterocycles. The molecular weight excluding hydrogens is 619 g/mol. The van der Waals surface area contributed by atoms with Gasteiger partial charge in [0.05, 0.1) is 27.6 Å². The first kappa shape index (κ1) is 20.8. The molecule has 10 heteroatoms. The Hall–Kier alpha value is -0.220. The van der Waals surface area contributed by atoms with E-state index in [0.717, 1.165) is 0 Å². The van der Waals surface area contributed by atoms with Gasteiger partial charge in [0.1, 0.15) is 0 Å². The van der Waals surface area contributed by atoms with Gasteiger partial charge in [0.25, 0.3) is 0 Å². The number of rotatable bonds is 3. The summed E-state index contributed by atoms with van der Waals surface area (Å²) < 4.78 is 1.44. The summed E-state index contributed by atoms with van der Waals surface area (Å²) in [6.07, 6.45) is 0. The van der Waals surface area contributed by atoms with Crippen LogP contribution in [0.3, 0.4) is 0 Å². The Bertz CT molecular complexity index is 576. The molecule has 0 heterocycles. The average molecular weight is 631 g/mol. The van der Waals surface area contributed by atoms with Crippen molar-refractivity contribution in [3.05, 3.63) is 16.3 Å². The van der Waals surface area contributed by atoms with Crippen molar-refractivity contribution in [1.82, 2.24) is 6.15 Å². The summed E-state index contributed by atoms with van der Waals surface area (Å²) >= 11 is 5.71. The molecule has 0 aliphatic rings. The van der Waals surface area contributed by atoms with Crippen LogP contribution in [0.15, 0.2) is 0 Å². The number of nitrogens with one attached hydrogen (secondary N) is 2. The summed E-state index contributed by atoms with van der Waals surface area (Å²) in [5, 5.41) is 14.5. The number of amides is 2. The lowest BCUT2D eigenvalue weighted by atomic mass is 10.1. The van der Waals surface area contributed by atoms with E-state index in [0.29, 0.717) is 22.1 Å². The van der Waals surface area contributed by atoms with Crippen LogP contribution in [0.25, 0.3) is 0 Å². The summed E-state index contributed by atoms with van der Waals surface area (Å²) in [7, 11) is 0. The number of halogens is 3. The van der Waals surface area contributed by atoms with E-state index >= 15 is 0 Å². The van der Waals surface area contributed by atoms with Crippen LogP contribution in [-0.2, 0) is 9.59 Å². The molecule has 0 spiro atoms. The Morgan fingerprint density at radius 2 is 1.19 bits per heavy atom. The molecule has 0 aliphatic carbocycles. The second-order valence-corrected chi connectivity index (χ2v) is 6.97. The van der Waals surface area contributed by atoms with Crippen molar-refractivity contribution in [2.24, 2.45) is 0 Å². The zero-order chi connectivity index (χ0) is 15.6. The highest BCUT2D eigenvalue weighted by Gasteiger charge is 2.25. The van der Waals surface area contributed by atoms with Crippen LogP contribution in [0.4, 0.5) is 11.4 Å². The molecule has 0 saturated carbocycles. The van der Waals surface area contributed by atoms with Crippen LogP contribution >= 0.6 is 67.8 Å². The van der Waals surface area contributed by atoms with E-state index < -0.39 is 5.97 Å². The van der Waals surface area contributed by atoms with Crippen molar-refractivity contribution in [1.29, 1.82) is 0 Å². The number of carbonyl (C=O) groups excluding carboxylic acids is 2. The Labute approximate surface area is 162 Å². The SMILES string of the molecule is CC(=O)Nc1c(I)c(NC(C)=O)c(I)c(C(=O)O)c1I.N. The molecule has 1 rings (SSSR count). The van der Waals surface area contributed by atoms with Gasteiger partial charge in [-0.1, -0.05) is 0 Å². The summed E-state index contributed by atoms with van der Waals surface area (Å²) in [4.78, 5) is 33.9. The van der Waals surface area contributed by atoms with Crippen LogP contribution in [0, 0.1) is 10.7 Å². The molecule has 21 heavy (non-hydrogen) atoms.